The Morgan fingerprint density at radius 3 is 2.26 bits per heavy atom. The summed E-state index contributed by atoms with van der Waals surface area (Å²) in [6.45, 7) is 7.02. The normalized spacial score (nSPS) is 13.2. The number of unbranched alkanes of at least 4 members (excludes halogenated alkanes) is 1. The van der Waals surface area contributed by atoms with Gasteiger partial charge < -0.3 is 46.3 Å². The van der Waals surface area contributed by atoms with Crippen molar-refractivity contribution in [2.45, 2.75) is 71.6 Å². The molecule has 0 bridgehead atoms. The Labute approximate surface area is 247 Å². The first-order valence-electron chi connectivity index (χ1n) is 14.2. The maximum Gasteiger partial charge on any atom is 0.312 e. The molecule has 0 saturated carbocycles. The number of aliphatic hydroxyl groups is 1. The number of nitrogens with one attached hydrogen (secondary N) is 5. The molecule has 3 unspecified atom stereocenters. The lowest BCUT2D eigenvalue weighted by Crippen LogP contribution is -2.55. The van der Waals surface area contributed by atoms with Crippen LogP contribution in [0.3, 0.4) is 0 Å². The molecule has 0 fully saturated rings. The number of rotatable bonds is 22. The molecule has 5 amide bonds. The molecule has 8 N–H and O–H groups in total. The number of primary amides is 1. The zero-order chi connectivity index (χ0) is 31.3. The molecule has 14 nitrogen and oxygen atoms in total. The minimum absolute atomic E-state index is 0.155. The lowest BCUT2D eigenvalue weighted by molar-refractivity contribution is -0.134. The van der Waals surface area contributed by atoms with Gasteiger partial charge in [-0.3, -0.25) is 19.7 Å². The number of anilines is 1. The van der Waals surface area contributed by atoms with Gasteiger partial charge in [0.1, 0.15) is 18.7 Å². The number of benzene rings is 1. The van der Waals surface area contributed by atoms with Crippen molar-refractivity contribution in [2.24, 2.45) is 11.7 Å². The van der Waals surface area contributed by atoms with Gasteiger partial charge in [0, 0.05) is 18.8 Å². The summed E-state index contributed by atoms with van der Waals surface area (Å²) in [6.07, 6.45) is 1.45. The van der Waals surface area contributed by atoms with Crippen molar-refractivity contribution in [1.82, 2.24) is 21.3 Å². The molecule has 0 saturated heterocycles. The summed E-state index contributed by atoms with van der Waals surface area (Å²) in [5.74, 6) is -1.74. The number of urea groups is 1. The van der Waals surface area contributed by atoms with Gasteiger partial charge >= 0.3 is 6.03 Å². The van der Waals surface area contributed by atoms with E-state index >= 15 is 0 Å². The highest BCUT2D eigenvalue weighted by atomic mass is 16.6. The minimum atomic E-state index is -1.10. The number of ether oxygens (including phenoxy) is 3. The number of amides is 5. The SMILES string of the molecule is CCCCOCCOCC(=O)NC(C(=O)NC(CCCNC(N)=O)C(=O)Nc1ccc(COC(O)NC)cc1)C(C)C. The smallest absolute Gasteiger partial charge is 0.312 e. The molecule has 0 aliphatic carbocycles. The molecule has 0 spiro atoms. The predicted molar refractivity (Wildman–Crippen MR) is 157 cm³/mol. The maximum absolute atomic E-state index is 13.2. The molecule has 0 aromatic heterocycles. The van der Waals surface area contributed by atoms with E-state index in [0.717, 1.165) is 18.4 Å². The van der Waals surface area contributed by atoms with Gasteiger partial charge in [0.15, 0.2) is 0 Å². The van der Waals surface area contributed by atoms with E-state index in [1.165, 1.54) is 0 Å². The first-order chi connectivity index (χ1) is 20.1. The number of carbonyl (C=O) groups is 4. The average molecular weight is 597 g/mol. The van der Waals surface area contributed by atoms with E-state index in [-0.39, 0.29) is 38.7 Å². The molecule has 238 valence electrons. The zero-order valence-electron chi connectivity index (χ0n) is 25.1. The van der Waals surface area contributed by atoms with Gasteiger partial charge in [0.25, 0.3) is 0 Å². The van der Waals surface area contributed by atoms with Crippen LogP contribution in [0.5, 0.6) is 0 Å². The molecule has 0 aliphatic rings. The Hall–Kier alpha value is -3.30. The predicted octanol–water partition coefficient (Wildman–Crippen LogP) is 0.544. The minimum Gasteiger partial charge on any atom is -0.379 e. The Morgan fingerprint density at radius 1 is 0.952 bits per heavy atom. The van der Waals surface area contributed by atoms with E-state index < -0.39 is 42.3 Å². The third-order valence-corrected chi connectivity index (χ3v) is 5.99. The van der Waals surface area contributed by atoms with E-state index in [4.69, 9.17) is 19.9 Å². The monoisotopic (exact) mass is 596 g/mol. The van der Waals surface area contributed by atoms with Crippen LogP contribution < -0.4 is 32.3 Å². The van der Waals surface area contributed by atoms with Crippen LogP contribution in [-0.2, 0) is 35.2 Å². The quantitative estimate of drug-likeness (QED) is 0.0737. The summed E-state index contributed by atoms with van der Waals surface area (Å²) in [5.41, 5.74) is 6.37. The van der Waals surface area contributed by atoms with Gasteiger partial charge in [-0.25, -0.2) is 4.79 Å². The zero-order valence-corrected chi connectivity index (χ0v) is 25.1. The van der Waals surface area contributed by atoms with Gasteiger partial charge in [-0.2, -0.15) is 0 Å². The summed E-state index contributed by atoms with van der Waals surface area (Å²) >= 11 is 0. The van der Waals surface area contributed by atoms with E-state index in [1.54, 1.807) is 45.2 Å². The van der Waals surface area contributed by atoms with Gasteiger partial charge in [-0.1, -0.05) is 39.3 Å². The van der Waals surface area contributed by atoms with Crippen molar-refractivity contribution >= 4 is 29.4 Å². The molecule has 14 heteroatoms. The van der Waals surface area contributed by atoms with Crippen LogP contribution in [0.1, 0.15) is 52.0 Å². The summed E-state index contributed by atoms with van der Waals surface area (Å²) in [7, 11) is 1.56. The second-order valence-corrected chi connectivity index (χ2v) is 9.94. The highest BCUT2D eigenvalue weighted by Crippen LogP contribution is 2.13. The standard InChI is InChI=1S/C28H48N6O8/c1-5-6-14-40-15-16-41-18-23(35)34-24(19(2)3)26(37)33-22(8-7-13-31-27(29)38)25(36)32-21-11-9-20(10-12-21)17-42-28(39)30-4/h9-12,19,22,24,28,30,39H,5-8,13-18H2,1-4H3,(H,32,36)(H,33,37)(H,34,35)(H3,29,31,38). The van der Waals surface area contributed by atoms with E-state index in [1.807, 2.05) is 0 Å². The molecule has 1 rings (SSSR count). The third kappa shape index (κ3) is 16.2. The molecule has 1 aromatic rings. The molecule has 3 atom stereocenters. The number of carbonyl (C=O) groups excluding carboxylic acids is 4. The highest BCUT2D eigenvalue weighted by molar-refractivity contribution is 5.98. The fourth-order valence-corrected chi connectivity index (χ4v) is 3.60. The van der Waals surface area contributed by atoms with E-state index in [2.05, 4.69) is 33.5 Å². The number of aliphatic hydroxyl groups excluding tert-OH is 1. The fourth-order valence-electron chi connectivity index (χ4n) is 3.60. The van der Waals surface area contributed by atoms with Crippen molar-refractivity contribution in [3.8, 4) is 0 Å². The number of hydrogen-bond donors (Lipinski definition) is 7. The second-order valence-electron chi connectivity index (χ2n) is 9.94. The molecular formula is C28H48N6O8. The van der Waals surface area contributed by atoms with Gasteiger partial charge in [0.2, 0.25) is 24.1 Å². The van der Waals surface area contributed by atoms with Gasteiger partial charge in [-0.15, -0.1) is 0 Å². The van der Waals surface area contributed by atoms with Crippen LogP contribution in [0.15, 0.2) is 24.3 Å². The fraction of sp³-hybridized carbons (Fsp3) is 0.643. The summed E-state index contributed by atoms with van der Waals surface area (Å²) < 4.78 is 15.9. The molecule has 42 heavy (non-hydrogen) atoms. The third-order valence-electron chi connectivity index (χ3n) is 5.99. The van der Waals surface area contributed by atoms with Crippen molar-refractivity contribution in [3.63, 3.8) is 0 Å². The van der Waals surface area contributed by atoms with Crippen molar-refractivity contribution in [3.05, 3.63) is 29.8 Å². The summed E-state index contributed by atoms with van der Waals surface area (Å²) in [6, 6.07) is 4.23. The summed E-state index contributed by atoms with van der Waals surface area (Å²) in [5, 5.41) is 22.7. The first kappa shape index (κ1) is 36.7. The Kier molecular flexibility index (Phi) is 18.7. The average Bonchev–Trinajstić information content (AvgIpc) is 2.95. The lowest BCUT2D eigenvalue weighted by Gasteiger charge is -2.25. The Balaban J connectivity index is 2.77. The molecule has 1 aromatic carbocycles. The topological polar surface area (TPSA) is 202 Å². The molecule has 0 radical (unpaired) electrons. The molecular weight excluding hydrogens is 548 g/mol. The second kappa shape index (κ2) is 21.4. The van der Waals surface area contributed by atoms with Crippen LogP contribution >= 0.6 is 0 Å². The lowest BCUT2D eigenvalue weighted by atomic mass is 10.0. The summed E-state index contributed by atoms with van der Waals surface area (Å²) in [4.78, 5) is 49.9. The number of hydrogen-bond acceptors (Lipinski definition) is 9. The van der Waals surface area contributed by atoms with Crippen LogP contribution in [0.25, 0.3) is 0 Å². The van der Waals surface area contributed by atoms with E-state index in [9.17, 15) is 24.3 Å². The molecule has 0 heterocycles. The van der Waals surface area contributed by atoms with Gasteiger partial charge in [0.05, 0.1) is 19.8 Å². The van der Waals surface area contributed by atoms with Gasteiger partial charge in [-0.05, 0) is 49.9 Å². The molecule has 0 aliphatic heterocycles. The highest BCUT2D eigenvalue weighted by Gasteiger charge is 2.29. The Morgan fingerprint density at radius 2 is 1.64 bits per heavy atom. The van der Waals surface area contributed by atoms with Crippen molar-refractivity contribution in [2.75, 3.05) is 45.3 Å². The van der Waals surface area contributed by atoms with Crippen LogP contribution in [-0.4, -0.2) is 87.4 Å². The van der Waals surface area contributed by atoms with Crippen LogP contribution in [0, 0.1) is 5.92 Å². The first-order valence-corrected chi connectivity index (χ1v) is 14.2. The van der Waals surface area contributed by atoms with Crippen LogP contribution in [0.2, 0.25) is 0 Å². The number of nitrogens with two attached hydrogens (primary N) is 1. The van der Waals surface area contributed by atoms with Crippen molar-refractivity contribution < 1.29 is 38.5 Å². The largest absolute Gasteiger partial charge is 0.379 e. The Bertz CT molecular complexity index is 947. The van der Waals surface area contributed by atoms with Crippen LogP contribution in [0.4, 0.5) is 10.5 Å². The van der Waals surface area contributed by atoms with Crippen molar-refractivity contribution in [1.29, 1.82) is 0 Å². The van der Waals surface area contributed by atoms with E-state index in [0.29, 0.717) is 25.3 Å². The maximum atomic E-state index is 13.2.